The van der Waals surface area contributed by atoms with Crippen molar-refractivity contribution in [2.24, 2.45) is 0 Å². The third kappa shape index (κ3) is 4.91. The highest BCUT2D eigenvalue weighted by molar-refractivity contribution is 5.91. The summed E-state index contributed by atoms with van der Waals surface area (Å²) >= 11 is 0. The molecule has 7 nitrogen and oxygen atoms in total. The molecule has 1 aromatic carbocycles. The van der Waals surface area contributed by atoms with Gasteiger partial charge in [-0.2, -0.15) is 13.2 Å². The maximum atomic E-state index is 14.2. The molecule has 1 fully saturated rings. The van der Waals surface area contributed by atoms with Crippen LogP contribution in [0.1, 0.15) is 36.0 Å². The number of anilines is 1. The van der Waals surface area contributed by atoms with Crippen molar-refractivity contribution >= 4 is 16.7 Å². The zero-order valence-corrected chi connectivity index (χ0v) is 20.8. The number of hydrogen-bond donors (Lipinski definition) is 3. The number of benzene rings is 1. The number of aromatic amines is 1. The van der Waals surface area contributed by atoms with Gasteiger partial charge in [0, 0.05) is 24.0 Å². The number of pyridine rings is 3. The van der Waals surface area contributed by atoms with E-state index in [2.05, 4.69) is 20.3 Å². The smallest absolute Gasteiger partial charge is 0.418 e. The first kappa shape index (κ1) is 26.5. The lowest BCUT2D eigenvalue weighted by atomic mass is 10.0. The van der Waals surface area contributed by atoms with Crippen molar-refractivity contribution in [3.05, 3.63) is 75.2 Å². The Morgan fingerprint density at radius 3 is 2.56 bits per heavy atom. The van der Waals surface area contributed by atoms with E-state index in [0.29, 0.717) is 19.0 Å². The molecule has 0 unspecified atom stereocenters. The molecule has 3 aromatic heterocycles. The SMILES string of the molecule is Cc1c(Oc2ncc(C(F)(F)F)c(C)c2-c2cc(=O)c3c(N[C@H]4CCC[C@H]4O)nccc3[nH]2)ccc(F)c1F. The molecule has 0 radical (unpaired) electrons. The van der Waals surface area contributed by atoms with E-state index < -0.39 is 34.9 Å². The minimum Gasteiger partial charge on any atom is -0.438 e. The largest absolute Gasteiger partial charge is 0.438 e. The Labute approximate surface area is 218 Å². The van der Waals surface area contributed by atoms with Crippen LogP contribution in [0, 0.1) is 25.5 Å². The van der Waals surface area contributed by atoms with Crippen LogP contribution in [0.4, 0.5) is 27.8 Å². The molecule has 4 aromatic rings. The van der Waals surface area contributed by atoms with Crippen LogP contribution in [-0.4, -0.2) is 32.2 Å². The number of rotatable bonds is 5. The molecular formula is C27H23F5N4O3. The molecule has 1 aliphatic carbocycles. The van der Waals surface area contributed by atoms with Gasteiger partial charge in [-0.1, -0.05) is 0 Å². The fourth-order valence-electron chi connectivity index (χ4n) is 4.84. The lowest BCUT2D eigenvalue weighted by Gasteiger charge is -2.20. The van der Waals surface area contributed by atoms with Gasteiger partial charge >= 0.3 is 6.18 Å². The van der Waals surface area contributed by atoms with Gasteiger partial charge < -0.3 is 20.1 Å². The second-order valence-electron chi connectivity index (χ2n) is 9.44. The lowest BCUT2D eigenvalue weighted by molar-refractivity contribution is -0.138. The molecule has 5 rings (SSSR count). The van der Waals surface area contributed by atoms with Crippen molar-refractivity contribution in [2.75, 3.05) is 5.32 Å². The van der Waals surface area contributed by atoms with Crippen molar-refractivity contribution in [3.63, 3.8) is 0 Å². The number of aliphatic hydroxyl groups excluding tert-OH is 1. The summed E-state index contributed by atoms with van der Waals surface area (Å²) in [6, 6.07) is 4.27. The number of ether oxygens (including phenoxy) is 1. The normalized spacial score (nSPS) is 17.5. The standard InChI is InChI=1S/C27H23F5N4O3/c1-12-14(27(30,31)32)11-34-26(39-21-7-6-15(28)24(29)13(21)2)22(12)18-10-20(38)23-17(35-18)8-9-33-25(23)36-16-4-3-5-19(16)37/h6-11,16,19,37H,3-5H2,1-2H3,(H,33,36)(H,35,38)/t16-,19+/m0/s1. The molecule has 0 spiro atoms. The van der Waals surface area contributed by atoms with Crippen LogP contribution in [0.2, 0.25) is 0 Å². The predicted octanol–water partition coefficient (Wildman–Crippen LogP) is 6.02. The average Bonchev–Trinajstić information content (AvgIpc) is 3.27. The van der Waals surface area contributed by atoms with E-state index in [-0.39, 0.29) is 56.8 Å². The van der Waals surface area contributed by atoms with Gasteiger partial charge in [0.15, 0.2) is 17.1 Å². The fourth-order valence-corrected chi connectivity index (χ4v) is 4.84. The third-order valence-electron chi connectivity index (χ3n) is 6.92. The Morgan fingerprint density at radius 2 is 1.87 bits per heavy atom. The highest BCUT2D eigenvalue weighted by atomic mass is 19.4. The van der Waals surface area contributed by atoms with Gasteiger partial charge in [-0.15, -0.1) is 0 Å². The van der Waals surface area contributed by atoms with Gasteiger partial charge in [0.2, 0.25) is 5.88 Å². The average molecular weight is 546 g/mol. The van der Waals surface area contributed by atoms with Crippen molar-refractivity contribution in [2.45, 2.75) is 51.4 Å². The van der Waals surface area contributed by atoms with Crippen LogP contribution >= 0.6 is 0 Å². The van der Waals surface area contributed by atoms with Crippen LogP contribution in [-0.2, 0) is 6.18 Å². The van der Waals surface area contributed by atoms with Gasteiger partial charge in [0.05, 0.1) is 39.9 Å². The molecule has 3 heterocycles. The van der Waals surface area contributed by atoms with E-state index in [0.717, 1.165) is 24.6 Å². The van der Waals surface area contributed by atoms with E-state index in [1.54, 1.807) is 0 Å². The molecular weight excluding hydrogens is 523 g/mol. The molecule has 0 bridgehead atoms. The molecule has 1 saturated carbocycles. The molecule has 1 aliphatic rings. The maximum absolute atomic E-state index is 14.2. The number of aliphatic hydroxyl groups is 1. The van der Waals surface area contributed by atoms with Gasteiger partial charge in [0.1, 0.15) is 11.6 Å². The van der Waals surface area contributed by atoms with Crippen LogP contribution in [0.3, 0.4) is 0 Å². The first-order chi connectivity index (χ1) is 18.5. The number of nitrogens with one attached hydrogen (secondary N) is 2. The monoisotopic (exact) mass is 546 g/mol. The van der Waals surface area contributed by atoms with E-state index in [4.69, 9.17) is 4.74 Å². The van der Waals surface area contributed by atoms with Crippen molar-refractivity contribution in [1.29, 1.82) is 0 Å². The van der Waals surface area contributed by atoms with Crippen LogP contribution < -0.4 is 15.5 Å². The molecule has 3 N–H and O–H groups in total. The number of aromatic nitrogens is 3. The number of nitrogens with zero attached hydrogens (tertiary/aromatic N) is 2. The molecule has 39 heavy (non-hydrogen) atoms. The summed E-state index contributed by atoms with van der Waals surface area (Å²) in [5, 5.41) is 13.4. The van der Waals surface area contributed by atoms with Crippen LogP contribution in [0.5, 0.6) is 11.6 Å². The summed E-state index contributed by atoms with van der Waals surface area (Å²) < 4.78 is 74.9. The molecule has 0 saturated heterocycles. The Balaban J connectivity index is 1.67. The molecule has 12 heteroatoms. The Bertz CT molecular complexity index is 1640. The number of halogens is 5. The quantitative estimate of drug-likeness (QED) is 0.265. The van der Waals surface area contributed by atoms with E-state index in [1.165, 1.54) is 26.1 Å². The summed E-state index contributed by atoms with van der Waals surface area (Å²) in [6.07, 6.45) is -1.24. The number of hydrogen-bond acceptors (Lipinski definition) is 6. The second kappa shape index (κ2) is 9.92. The summed E-state index contributed by atoms with van der Waals surface area (Å²) in [6.45, 7) is 2.46. The summed E-state index contributed by atoms with van der Waals surface area (Å²) in [5.74, 6) is -2.55. The Morgan fingerprint density at radius 1 is 1.10 bits per heavy atom. The van der Waals surface area contributed by atoms with E-state index in [9.17, 15) is 31.9 Å². The van der Waals surface area contributed by atoms with E-state index >= 15 is 0 Å². The fraction of sp³-hybridized carbons (Fsp3) is 0.296. The summed E-state index contributed by atoms with van der Waals surface area (Å²) in [4.78, 5) is 24.4. The number of H-pyrrole nitrogens is 1. The number of fused-ring (bicyclic) bond motifs is 1. The van der Waals surface area contributed by atoms with Gasteiger partial charge in [-0.3, -0.25) is 4.79 Å². The van der Waals surface area contributed by atoms with Crippen LogP contribution in [0.25, 0.3) is 22.2 Å². The topological polar surface area (TPSA) is 100 Å². The first-order valence-electron chi connectivity index (χ1n) is 12.1. The molecule has 0 amide bonds. The lowest BCUT2D eigenvalue weighted by Crippen LogP contribution is -2.29. The minimum atomic E-state index is -4.76. The molecule has 204 valence electrons. The Kier molecular flexibility index (Phi) is 6.75. The Hall–Kier alpha value is -4.06. The van der Waals surface area contributed by atoms with Crippen molar-refractivity contribution in [1.82, 2.24) is 15.0 Å². The molecule has 0 aliphatic heterocycles. The minimum absolute atomic E-state index is 0.0307. The summed E-state index contributed by atoms with van der Waals surface area (Å²) in [5.41, 5.74) is -2.03. The zero-order chi connectivity index (χ0) is 28.1. The van der Waals surface area contributed by atoms with Crippen molar-refractivity contribution < 1.29 is 31.8 Å². The van der Waals surface area contributed by atoms with Crippen molar-refractivity contribution in [3.8, 4) is 22.9 Å². The number of alkyl halides is 3. The second-order valence-corrected chi connectivity index (χ2v) is 9.44. The van der Waals surface area contributed by atoms with Gasteiger partial charge in [-0.25, -0.2) is 18.7 Å². The van der Waals surface area contributed by atoms with Gasteiger partial charge in [-0.05, 0) is 56.9 Å². The third-order valence-corrected chi connectivity index (χ3v) is 6.92. The zero-order valence-electron chi connectivity index (χ0n) is 20.8. The molecule has 2 atom stereocenters. The maximum Gasteiger partial charge on any atom is 0.418 e. The summed E-state index contributed by atoms with van der Waals surface area (Å²) in [7, 11) is 0. The van der Waals surface area contributed by atoms with Crippen LogP contribution in [0.15, 0.2) is 41.5 Å². The highest BCUT2D eigenvalue weighted by Crippen LogP contribution is 2.41. The highest BCUT2D eigenvalue weighted by Gasteiger charge is 2.35. The first-order valence-corrected chi connectivity index (χ1v) is 12.1. The predicted molar refractivity (Wildman–Crippen MR) is 134 cm³/mol. The van der Waals surface area contributed by atoms with Gasteiger partial charge in [0.25, 0.3) is 0 Å². The van der Waals surface area contributed by atoms with E-state index in [1.807, 2.05) is 0 Å².